The molecule has 128 valence electrons. The van der Waals surface area contributed by atoms with Gasteiger partial charge in [-0.25, -0.2) is 12.8 Å². The van der Waals surface area contributed by atoms with Crippen LogP contribution < -0.4 is 5.32 Å². The zero-order valence-electron chi connectivity index (χ0n) is 13.2. The molecular formula is C15H22FN3O3S. The van der Waals surface area contributed by atoms with Crippen molar-refractivity contribution in [3.05, 3.63) is 35.6 Å². The van der Waals surface area contributed by atoms with Gasteiger partial charge in [0.05, 0.1) is 12.7 Å². The third-order valence-corrected chi connectivity index (χ3v) is 5.13. The molecule has 1 aromatic carbocycles. The average Bonchev–Trinajstić information content (AvgIpc) is 2.49. The van der Waals surface area contributed by atoms with E-state index in [0.29, 0.717) is 39.3 Å². The summed E-state index contributed by atoms with van der Waals surface area (Å²) in [6.07, 6.45) is 1.44. The van der Waals surface area contributed by atoms with Crippen LogP contribution in [0.25, 0.3) is 0 Å². The van der Waals surface area contributed by atoms with Crippen LogP contribution in [0.2, 0.25) is 0 Å². The van der Waals surface area contributed by atoms with Crippen LogP contribution in [0, 0.1) is 5.82 Å². The van der Waals surface area contributed by atoms with Crippen molar-refractivity contribution in [1.29, 1.82) is 0 Å². The number of sulfonamides is 1. The largest absolute Gasteiger partial charge is 0.355 e. The second-order valence-corrected chi connectivity index (χ2v) is 7.64. The quantitative estimate of drug-likeness (QED) is 0.793. The maximum Gasteiger partial charge on any atom is 0.224 e. The van der Waals surface area contributed by atoms with Gasteiger partial charge in [0.15, 0.2) is 0 Å². The Morgan fingerprint density at radius 1 is 1.17 bits per heavy atom. The number of piperazine rings is 1. The lowest BCUT2D eigenvalue weighted by molar-refractivity contribution is -0.120. The Morgan fingerprint density at radius 2 is 1.78 bits per heavy atom. The lowest BCUT2D eigenvalue weighted by atomic mass is 10.1. The van der Waals surface area contributed by atoms with E-state index in [4.69, 9.17) is 0 Å². The molecule has 2 rings (SSSR count). The molecule has 1 N–H and O–H groups in total. The predicted octanol–water partition coefficient (Wildman–Crippen LogP) is 0.0616. The Balaban J connectivity index is 1.65. The molecule has 0 aliphatic carbocycles. The smallest absolute Gasteiger partial charge is 0.224 e. The van der Waals surface area contributed by atoms with Crippen molar-refractivity contribution in [1.82, 2.24) is 14.5 Å². The van der Waals surface area contributed by atoms with Gasteiger partial charge >= 0.3 is 0 Å². The molecule has 1 aliphatic rings. The van der Waals surface area contributed by atoms with E-state index < -0.39 is 10.0 Å². The number of amides is 1. The van der Waals surface area contributed by atoms with Crippen LogP contribution in [0.3, 0.4) is 0 Å². The number of halogens is 1. The molecule has 8 heteroatoms. The summed E-state index contributed by atoms with van der Waals surface area (Å²) in [7, 11) is -3.11. The topological polar surface area (TPSA) is 69.7 Å². The summed E-state index contributed by atoms with van der Waals surface area (Å²) in [5.41, 5.74) is 0.769. The van der Waals surface area contributed by atoms with Gasteiger partial charge < -0.3 is 5.32 Å². The van der Waals surface area contributed by atoms with Gasteiger partial charge in [0.25, 0.3) is 0 Å². The third-order valence-electron chi connectivity index (χ3n) is 3.83. The van der Waals surface area contributed by atoms with Crippen LogP contribution in [-0.4, -0.2) is 69.1 Å². The van der Waals surface area contributed by atoms with E-state index in [2.05, 4.69) is 10.2 Å². The van der Waals surface area contributed by atoms with E-state index in [-0.39, 0.29) is 18.1 Å². The van der Waals surface area contributed by atoms with Crippen molar-refractivity contribution in [2.75, 3.05) is 45.5 Å². The summed E-state index contributed by atoms with van der Waals surface area (Å²) >= 11 is 0. The van der Waals surface area contributed by atoms with Gasteiger partial charge in [-0.15, -0.1) is 0 Å². The fraction of sp³-hybridized carbons (Fsp3) is 0.533. The van der Waals surface area contributed by atoms with Crippen LogP contribution >= 0.6 is 0 Å². The van der Waals surface area contributed by atoms with E-state index >= 15 is 0 Å². The number of hydrogen-bond donors (Lipinski definition) is 1. The molecule has 1 aromatic rings. The minimum Gasteiger partial charge on any atom is -0.355 e. The van der Waals surface area contributed by atoms with Gasteiger partial charge in [-0.1, -0.05) is 12.1 Å². The van der Waals surface area contributed by atoms with Gasteiger partial charge in [0, 0.05) is 39.3 Å². The fourth-order valence-corrected chi connectivity index (χ4v) is 3.31. The monoisotopic (exact) mass is 343 g/mol. The van der Waals surface area contributed by atoms with Crippen molar-refractivity contribution in [3.8, 4) is 0 Å². The first-order chi connectivity index (χ1) is 10.8. The molecular weight excluding hydrogens is 321 g/mol. The standard InChI is InChI=1S/C15H22FN3O3S/c1-23(21,22)19-10-8-18(9-11-19)7-6-17-15(20)12-13-2-4-14(16)5-3-13/h2-5H,6-12H2,1H3,(H,17,20). The number of benzene rings is 1. The van der Waals surface area contributed by atoms with Crippen molar-refractivity contribution in [3.63, 3.8) is 0 Å². The molecule has 0 bridgehead atoms. The maximum absolute atomic E-state index is 12.8. The number of carbonyl (C=O) groups excluding carboxylic acids is 1. The molecule has 1 heterocycles. The number of carbonyl (C=O) groups is 1. The summed E-state index contributed by atoms with van der Waals surface area (Å²) in [4.78, 5) is 13.9. The zero-order chi connectivity index (χ0) is 16.9. The molecule has 1 saturated heterocycles. The maximum atomic E-state index is 12.8. The number of rotatable bonds is 6. The lowest BCUT2D eigenvalue weighted by Gasteiger charge is -2.33. The normalized spacial score (nSPS) is 17.1. The first-order valence-electron chi connectivity index (χ1n) is 7.53. The van der Waals surface area contributed by atoms with E-state index in [1.54, 1.807) is 12.1 Å². The zero-order valence-corrected chi connectivity index (χ0v) is 14.0. The molecule has 1 fully saturated rings. The minimum atomic E-state index is -3.11. The Morgan fingerprint density at radius 3 is 2.35 bits per heavy atom. The third kappa shape index (κ3) is 5.89. The van der Waals surface area contributed by atoms with E-state index in [1.807, 2.05) is 0 Å². The van der Waals surface area contributed by atoms with Crippen LogP contribution in [0.15, 0.2) is 24.3 Å². The molecule has 6 nitrogen and oxygen atoms in total. The molecule has 0 aromatic heterocycles. The molecule has 1 amide bonds. The van der Waals surface area contributed by atoms with Gasteiger partial charge in [-0.3, -0.25) is 9.69 Å². The molecule has 0 radical (unpaired) electrons. The van der Waals surface area contributed by atoms with Gasteiger partial charge in [-0.05, 0) is 17.7 Å². The van der Waals surface area contributed by atoms with Crippen molar-refractivity contribution < 1.29 is 17.6 Å². The highest BCUT2D eigenvalue weighted by atomic mass is 32.2. The molecule has 0 saturated carbocycles. The van der Waals surface area contributed by atoms with E-state index in [9.17, 15) is 17.6 Å². The van der Waals surface area contributed by atoms with Crippen LogP contribution in [0.4, 0.5) is 4.39 Å². The highest BCUT2D eigenvalue weighted by Gasteiger charge is 2.22. The Hall–Kier alpha value is -1.51. The van der Waals surface area contributed by atoms with Crippen LogP contribution in [0.5, 0.6) is 0 Å². The lowest BCUT2D eigenvalue weighted by Crippen LogP contribution is -2.49. The molecule has 0 atom stereocenters. The summed E-state index contributed by atoms with van der Waals surface area (Å²) in [6.45, 7) is 3.51. The van der Waals surface area contributed by atoms with Crippen LogP contribution in [-0.2, 0) is 21.2 Å². The second kappa shape index (κ2) is 7.85. The fourth-order valence-electron chi connectivity index (χ4n) is 2.49. The molecule has 23 heavy (non-hydrogen) atoms. The number of hydrogen-bond acceptors (Lipinski definition) is 4. The highest BCUT2D eigenvalue weighted by Crippen LogP contribution is 2.05. The van der Waals surface area contributed by atoms with Gasteiger partial charge in [0.2, 0.25) is 15.9 Å². The molecule has 0 spiro atoms. The van der Waals surface area contributed by atoms with Crippen molar-refractivity contribution >= 4 is 15.9 Å². The summed E-state index contributed by atoms with van der Waals surface area (Å²) in [5.74, 6) is -0.422. The van der Waals surface area contributed by atoms with Gasteiger partial charge in [0.1, 0.15) is 5.82 Å². The SMILES string of the molecule is CS(=O)(=O)N1CCN(CCNC(=O)Cc2ccc(F)cc2)CC1. The molecule has 0 unspecified atom stereocenters. The van der Waals surface area contributed by atoms with Crippen LogP contribution in [0.1, 0.15) is 5.56 Å². The predicted molar refractivity (Wildman–Crippen MR) is 86.0 cm³/mol. The van der Waals surface area contributed by atoms with Crippen molar-refractivity contribution in [2.45, 2.75) is 6.42 Å². The Kier molecular flexibility index (Phi) is 6.09. The second-order valence-electron chi connectivity index (χ2n) is 5.66. The summed E-state index contributed by atoms with van der Waals surface area (Å²) in [5, 5.41) is 2.83. The van der Waals surface area contributed by atoms with E-state index in [0.717, 1.165) is 5.56 Å². The first-order valence-corrected chi connectivity index (χ1v) is 9.38. The van der Waals surface area contributed by atoms with Gasteiger partial charge in [-0.2, -0.15) is 4.31 Å². The Labute approximate surface area is 136 Å². The minimum absolute atomic E-state index is 0.105. The van der Waals surface area contributed by atoms with Crippen molar-refractivity contribution in [2.24, 2.45) is 0 Å². The number of nitrogens with one attached hydrogen (secondary N) is 1. The van der Waals surface area contributed by atoms with E-state index in [1.165, 1.54) is 22.7 Å². The summed E-state index contributed by atoms with van der Waals surface area (Å²) < 4.78 is 37.1. The molecule has 1 aliphatic heterocycles. The summed E-state index contributed by atoms with van der Waals surface area (Å²) in [6, 6.07) is 5.87. The highest BCUT2D eigenvalue weighted by molar-refractivity contribution is 7.88. The first kappa shape index (κ1) is 17.8. The Bertz CT molecular complexity index is 626. The average molecular weight is 343 g/mol. The number of nitrogens with zero attached hydrogens (tertiary/aromatic N) is 2.